The number of aliphatic hydroxyl groups excluding tert-OH is 1. The summed E-state index contributed by atoms with van der Waals surface area (Å²) in [6.45, 7) is -0.149. The lowest BCUT2D eigenvalue weighted by Gasteiger charge is -2.13. The first kappa shape index (κ1) is 10.7. The molecule has 78 valence electrons. The van der Waals surface area contributed by atoms with Gasteiger partial charge in [0, 0.05) is 11.6 Å². The second-order valence-electron chi connectivity index (χ2n) is 2.76. The van der Waals surface area contributed by atoms with E-state index in [0.29, 0.717) is 17.2 Å². The number of methoxy groups -OCH3 is 2. The summed E-state index contributed by atoms with van der Waals surface area (Å²) in [5.74, 6) is 0.997. The van der Waals surface area contributed by atoms with E-state index >= 15 is 0 Å². The van der Waals surface area contributed by atoms with Crippen molar-refractivity contribution in [2.75, 3.05) is 20.8 Å². The molecule has 0 saturated carbocycles. The normalized spacial score (nSPS) is 12.3. The molecule has 0 saturated heterocycles. The molecule has 0 aliphatic heterocycles. The highest BCUT2D eigenvalue weighted by atomic mass is 16.5. The van der Waals surface area contributed by atoms with Crippen LogP contribution in [0.3, 0.4) is 0 Å². The van der Waals surface area contributed by atoms with E-state index in [1.165, 1.54) is 20.4 Å². The van der Waals surface area contributed by atoms with Crippen LogP contribution in [0.25, 0.3) is 0 Å². The zero-order valence-electron chi connectivity index (χ0n) is 8.23. The quantitative estimate of drug-likeness (QED) is 0.717. The Kier molecular flexibility index (Phi) is 3.67. The van der Waals surface area contributed by atoms with Gasteiger partial charge in [-0.05, 0) is 0 Å². The molecule has 1 aromatic heterocycles. The lowest BCUT2D eigenvalue weighted by atomic mass is 10.1. The molecule has 0 unspecified atom stereocenters. The summed E-state index contributed by atoms with van der Waals surface area (Å²) in [6, 6.07) is 1.17. The van der Waals surface area contributed by atoms with Crippen molar-refractivity contribution in [2.45, 2.75) is 6.04 Å². The Hall–Kier alpha value is -1.33. The van der Waals surface area contributed by atoms with E-state index in [1.807, 2.05) is 0 Å². The second-order valence-corrected chi connectivity index (χ2v) is 2.76. The topological polar surface area (TPSA) is 77.6 Å². The van der Waals surface area contributed by atoms with Crippen molar-refractivity contribution >= 4 is 0 Å². The SMILES string of the molecule is COc1cc([C@H](N)CO)c(OC)cn1. The average Bonchev–Trinajstić information content (AvgIpc) is 2.27. The standard InChI is InChI=1S/C9H14N2O3/c1-13-8-4-11-9(14-2)3-6(8)7(10)5-12/h3-4,7,12H,5,10H2,1-2H3/t7-/m1/s1. The van der Waals surface area contributed by atoms with Crippen LogP contribution < -0.4 is 15.2 Å². The number of rotatable bonds is 4. The fourth-order valence-corrected chi connectivity index (χ4v) is 1.11. The number of nitrogens with two attached hydrogens (primary N) is 1. The summed E-state index contributed by atoms with van der Waals surface area (Å²) in [4.78, 5) is 3.96. The highest BCUT2D eigenvalue weighted by Gasteiger charge is 2.12. The van der Waals surface area contributed by atoms with Crippen LogP contribution in [0.1, 0.15) is 11.6 Å². The Labute approximate surface area is 82.5 Å². The van der Waals surface area contributed by atoms with E-state index < -0.39 is 6.04 Å². The summed E-state index contributed by atoms with van der Waals surface area (Å²) in [5, 5.41) is 8.93. The first-order valence-corrected chi connectivity index (χ1v) is 4.17. The number of aliphatic hydroxyl groups is 1. The Bertz CT molecular complexity index is 304. The predicted molar refractivity (Wildman–Crippen MR) is 51.4 cm³/mol. The molecule has 1 atom stereocenters. The van der Waals surface area contributed by atoms with E-state index in [-0.39, 0.29) is 6.61 Å². The Morgan fingerprint density at radius 3 is 2.71 bits per heavy atom. The molecular formula is C9H14N2O3. The molecule has 0 aliphatic carbocycles. The zero-order chi connectivity index (χ0) is 10.6. The van der Waals surface area contributed by atoms with Gasteiger partial charge >= 0.3 is 0 Å². The molecule has 0 aliphatic rings. The minimum atomic E-state index is -0.484. The van der Waals surface area contributed by atoms with E-state index in [1.54, 1.807) is 6.07 Å². The van der Waals surface area contributed by atoms with E-state index in [0.717, 1.165) is 0 Å². The maximum absolute atomic E-state index is 8.93. The van der Waals surface area contributed by atoms with Gasteiger partial charge in [0.2, 0.25) is 5.88 Å². The molecule has 14 heavy (non-hydrogen) atoms. The smallest absolute Gasteiger partial charge is 0.213 e. The van der Waals surface area contributed by atoms with E-state index in [9.17, 15) is 0 Å². The molecule has 0 fully saturated rings. The molecule has 0 bridgehead atoms. The van der Waals surface area contributed by atoms with Gasteiger partial charge in [0.1, 0.15) is 5.75 Å². The van der Waals surface area contributed by atoms with Gasteiger partial charge in [0.15, 0.2) is 0 Å². The fourth-order valence-electron chi connectivity index (χ4n) is 1.11. The molecule has 0 radical (unpaired) electrons. The lowest BCUT2D eigenvalue weighted by Crippen LogP contribution is -2.15. The average molecular weight is 198 g/mol. The molecule has 5 nitrogen and oxygen atoms in total. The van der Waals surface area contributed by atoms with Gasteiger partial charge in [0.05, 0.1) is 33.1 Å². The van der Waals surface area contributed by atoms with Gasteiger partial charge in [-0.1, -0.05) is 0 Å². The van der Waals surface area contributed by atoms with Crippen LogP contribution in [0.5, 0.6) is 11.6 Å². The van der Waals surface area contributed by atoms with Gasteiger partial charge in [-0.15, -0.1) is 0 Å². The van der Waals surface area contributed by atoms with Gasteiger partial charge in [-0.2, -0.15) is 0 Å². The largest absolute Gasteiger partial charge is 0.495 e. The van der Waals surface area contributed by atoms with Gasteiger partial charge < -0.3 is 20.3 Å². The summed E-state index contributed by atoms with van der Waals surface area (Å²) in [7, 11) is 3.04. The van der Waals surface area contributed by atoms with Crippen molar-refractivity contribution in [3.8, 4) is 11.6 Å². The number of aromatic nitrogens is 1. The highest BCUT2D eigenvalue weighted by molar-refractivity contribution is 5.37. The van der Waals surface area contributed by atoms with E-state index in [4.69, 9.17) is 20.3 Å². The molecule has 0 amide bonds. The van der Waals surface area contributed by atoms with E-state index in [2.05, 4.69) is 4.98 Å². The first-order valence-electron chi connectivity index (χ1n) is 4.17. The van der Waals surface area contributed by atoms with Crippen LogP contribution in [-0.2, 0) is 0 Å². The molecule has 3 N–H and O–H groups in total. The van der Waals surface area contributed by atoms with Crippen LogP contribution in [0.4, 0.5) is 0 Å². The minimum Gasteiger partial charge on any atom is -0.495 e. The van der Waals surface area contributed by atoms with Gasteiger partial charge in [0.25, 0.3) is 0 Å². The van der Waals surface area contributed by atoms with Crippen molar-refractivity contribution in [2.24, 2.45) is 5.73 Å². The summed E-state index contributed by atoms with van der Waals surface area (Å²) >= 11 is 0. The van der Waals surface area contributed by atoms with Crippen LogP contribution in [0.2, 0.25) is 0 Å². The third-order valence-corrected chi connectivity index (χ3v) is 1.90. The lowest BCUT2D eigenvalue weighted by molar-refractivity contribution is 0.264. The van der Waals surface area contributed by atoms with Crippen molar-refractivity contribution in [1.82, 2.24) is 4.98 Å². The van der Waals surface area contributed by atoms with Crippen molar-refractivity contribution in [3.63, 3.8) is 0 Å². The Morgan fingerprint density at radius 2 is 2.21 bits per heavy atom. The van der Waals surface area contributed by atoms with Gasteiger partial charge in [-0.3, -0.25) is 0 Å². The molecule has 1 heterocycles. The number of pyridine rings is 1. The van der Waals surface area contributed by atoms with Crippen molar-refractivity contribution in [3.05, 3.63) is 17.8 Å². The molecule has 0 aromatic carbocycles. The Balaban J connectivity index is 3.08. The monoisotopic (exact) mass is 198 g/mol. The fraction of sp³-hybridized carbons (Fsp3) is 0.444. The van der Waals surface area contributed by atoms with Crippen LogP contribution >= 0.6 is 0 Å². The summed E-state index contributed by atoms with van der Waals surface area (Å²) < 4.78 is 10.0. The molecule has 0 spiro atoms. The van der Waals surface area contributed by atoms with Crippen LogP contribution in [0.15, 0.2) is 12.3 Å². The number of hydrogen-bond acceptors (Lipinski definition) is 5. The first-order chi connectivity index (χ1) is 6.72. The molecule has 5 heteroatoms. The maximum Gasteiger partial charge on any atom is 0.213 e. The summed E-state index contributed by atoms with van der Waals surface area (Å²) in [6.07, 6.45) is 1.52. The number of nitrogens with zero attached hydrogens (tertiary/aromatic N) is 1. The second kappa shape index (κ2) is 4.78. The van der Waals surface area contributed by atoms with Crippen molar-refractivity contribution in [1.29, 1.82) is 0 Å². The predicted octanol–water partition coefficient (Wildman–Crippen LogP) is 0.0909. The molecule has 1 rings (SSSR count). The molecule has 1 aromatic rings. The molecular weight excluding hydrogens is 184 g/mol. The number of hydrogen-bond donors (Lipinski definition) is 2. The third kappa shape index (κ3) is 2.12. The van der Waals surface area contributed by atoms with Crippen LogP contribution in [-0.4, -0.2) is 30.9 Å². The number of ether oxygens (including phenoxy) is 2. The third-order valence-electron chi connectivity index (χ3n) is 1.90. The summed E-state index contributed by atoms with van der Waals surface area (Å²) in [5.41, 5.74) is 6.36. The van der Waals surface area contributed by atoms with Gasteiger partial charge in [-0.25, -0.2) is 4.98 Å². The highest BCUT2D eigenvalue weighted by Crippen LogP contribution is 2.25. The maximum atomic E-state index is 8.93. The van der Waals surface area contributed by atoms with Crippen LogP contribution in [0, 0.1) is 0 Å². The van der Waals surface area contributed by atoms with Crippen molar-refractivity contribution < 1.29 is 14.6 Å². The zero-order valence-corrected chi connectivity index (χ0v) is 8.23. The minimum absolute atomic E-state index is 0.149. The Morgan fingerprint density at radius 1 is 1.50 bits per heavy atom.